The van der Waals surface area contributed by atoms with Gasteiger partial charge in [-0.05, 0) is 17.5 Å². The van der Waals surface area contributed by atoms with Crippen molar-refractivity contribution in [2.45, 2.75) is 17.3 Å². The molecule has 0 bridgehead atoms. The van der Waals surface area contributed by atoms with Gasteiger partial charge < -0.3 is 5.43 Å². The Morgan fingerprint density at radius 1 is 0.947 bits per heavy atom. The van der Waals surface area contributed by atoms with E-state index in [9.17, 15) is 0 Å². The van der Waals surface area contributed by atoms with Gasteiger partial charge in [0.1, 0.15) is 0 Å². The Balaban J connectivity index is 1.83. The largest absolute Gasteiger partial charge is 0.302 e. The normalized spacial score (nSPS) is 22.5. The highest BCUT2D eigenvalue weighted by molar-refractivity contribution is 9.10. The molecule has 2 unspecified atom stereocenters. The number of halogens is 1. The molecular formula is C16H15BrN2. The van der Waals surface area contributed by atoms with Crippen molar-refractivity contribution >= 4 is 21.6 Å². The van der Waals surface area contributed by atoms with Crippen molar-refractivity contribution in [1.82, 2.24) is 5.43 Å². The summed E-state index contributed by atoms with van der Waals surface area (Å²) in [7, 11) is 0. The maximum Gasteiger partial charge on any atom is 0.0812 e. The molecule has 0 saturated carbocycles. The molecular weight excluding hydrogens is 300 g/mol. The summed E-state index contributed by atoms with van der Waals surface area (Å²) in [5, 5.41) is 4.56. The molecule has 2 aromatic rings. The second-order valence-electron chi connectivity index (χ2n) is 4.66. The van der Waals surface area contributed by atoms with Gasteiger partial charge in [-0.15, -0.1) is 0 Å². The highest BCUT2D eigenvalue weighted by Crippen LogP contribution is 2.28. The molecule has 0 saturated heterocycles. The number of nitrogens with zero attached hydrogens (tertiary/aromatic N) is 1. The Hall–Kier alpha value is -1.61. The van der Waals surface area contributed by atoms with Gasteiger partial charge in [-0.1, -0.05) is 76.6 Å². The van der Waals surface area contributed by atoms with Gasteiger partial charge in [-0.3, -0.25) is 0 Å². The fourth-order valence-electron chi connectivity index (χ4n) is 2.34. The van der Waals surface area contributed by atoms with Crippen LogP contribution in [-0.2, 0) is 0 Å². The summed E-state index contributed by atoms with van der Waals surface area (Å²) in [5.41, 5.74) is 6.80. The standard InChI is InChI=1S/C16H15BrN2/c17-14-11-15(12-7-3-1-4-8-12)18-19-16(14)13-9-5-2-6-10-13/h1-10,14-15,18H,11H2. The minimum atomic E-state index is 0.276. The quantitative estimate of drug-likeness (QED) is 0.836. The lowest BCUT2D eigenvalue weighted by molar-refractivity contribution is 0.512. The highest BCUT2D eigenvalue weighted by Gasteiger charge is 2.25. The van der Waals surface area contributed by atoms with Crippen molar-refractivity contribution in [3.05, 3.63) is 71.8 Å². The second kappa shape index (κ2) is 5.57. The number of rotatable bonds is 2. The lowest BCUT2D eigenvalue weighted by atomic mass is 9.97. The van der Waals surface area contributed by atoms with Gasteiger partial charge in [-0.2, -0.15) is 5.10 Å². The van der Waals surface area contributed by atoms with Crippen LogP contribution in [-0.4, -0.2) is 10.5 Å². The molecule has 2 nitrogen and oxygen atoms in total. The van der Waals surface area contributed by atoms with E-state index in [1.165, 1.54) is 11.1 Å². The summed E-state index contributed by atoms with van der Waals surface area (Å²) in [6.45, 7) is 0. The summed E-state index contributed by atoms with van der Waals surface area (Å²) in [6.07, 6.45) is 0.998. The van der Waals surface area contributed by atoms with Crippen LogP contribution in [0.5, 0.6) is 0 Å². The van der Waals surface area contributed by atoms with Crippen molar-refractivity contribution < 1.29 is 0 Å². The minimum absolute atomic E-state index is 0.276. The number of hydrogen-bond donors (Lipinski definition) is 1. The van der Waals surface area contributed by atoms with E-state index in [0.717, 1.165) is 12.1 Å². The van der Waals surface area contributed by atoms with E-state index >= 15 is 0 Å². The zero-order chi connectivity index (χ0) is 13.1. The SMILES string of the molecule is BrC1CC(c2ccccc2)NN=C1c1ccccc1. The van der Waals surface area contributed by atoms with Gasteiger partial charge in [0, 0.05) is 0 Å². The summed E-state index contributed by atoms with van der Waals surface area (Å²) in [5.74, 6) is 0. The molecule has 1 heterocycles. The number of hydrogen-bond acceptors (Lipinski definition) is 2. The molecule has 1 aliphatic rings. The first-order chi connectivity index (χ1) is 9.34. The zero-order valence-corrected chi connectivity index (χ0v) is 12.0. The van der Waals surface area contributed by atoms with Crippen LogP contribution in [0.3, 0.4) is 0 Å². The predicted octanol–water partition coefficient (Wildman–Crippen LogP) is 3.89. The van der Waals surface area contributed by atoms with E-state index in [-0.39, 0.29) is 10.9 Å². The van der Waals surface area contributed by atoms with Crippen LogP contribution in [0.4, 0.5) is 0 Å². The molecule has 2 atom stereocenters. The number of hydrazone groups is 1. The lowest BCUT2D eigenvalue weighted by Gasteiger charge is -2.27. The van der Waals surface area contributed by atoms with E-state index in [1.807, 2.05) is 24.3 Å². The van der Waals surface area contributed by atoms with Crippen LogP contribution >= 0.6 is 15.9 Å². The van der Waals surface area contributed by atoms with Crippen molar-refractivity contribution in [3.8, 4) is 0 Å². The smallest absolute Gasteiger partial charge is 0.0812 e. The predicted molar refractivity (Wildman–Crippen MR) is 82.6 cm³/mol. The molecule has 2 aromatic carbocycles. The third-order valence-electron chi connectivity index (χ3n) is 3.35. The topological polar surface area (TPSA) is 24.4 Å². The van der Waals surface area contributed by atoms with Crippen LogP contribution in [0.25, 0.3) is 0 Å². The molecule has 0 aliphatic carbocycles. The Morgan fingerprint density at radius 3 is 2.21 bits per heavy atom. The third-order valence-corrected chi connectivity index (χ3v) is 4.16. The van der Waals surface area contributed by atoms with E-state index in [4.69, 9.17) is 0 Å². The molecule has 1 aliphatic heterocycles. The van der Waals surface area contributed by atoms with Gasteiger partial charge in [0.25, 0.3) is 0 Å². The molecule has 1 N–H and O–H groups in total. The van der Waals surface area contributed by atoms with Crippen LogP contribution in [0, 0.1) is 0 Å². The molecule has 19 heavy (non-hydrogen) atoms. The molecule has 0 fully saturated rings. The summed E-state index contributed by atoms with van der Waals surface area (Å²) >= 11 is 3.76. The molecule has 96 valence electrons. The summed E-state index contributed by atoms with van der Waals surface area (Å²) in [4.78, 5) is 0.279. The fourth-order valence-corrected chi connectivity index (χ4v) is 3.08. The van der Waals surface area contributed by atoms with Gasteiger partial charge >= 0.3 is 0 Å². The van der Waals surface area contributed by atoms with E-state index < -0.39 is 0 Å². The van der Waals surface area contributed by atoms with Crippen LogP contribution in [0.15, 0.2) is 65.8 Å². The maximum absolute atomic E-state index is 4.56. The van der Waals surface area contributed by atoms with E-state index in [2.05, 4.69) is 62.9 Å². The molecule has 0 radical (unpaired) electrons. The third kappa shape index (κ3) is 2.71. The van der Waals surface area contributed by atoms with Crippen molar-refractivity contribution in [2.75, 3.05) is 0 Å². The van der Waals surface area contributed by atoms with Crippen molar-refractivity contribution in [2.24, 2.45) is 5.10 Å². The van der Waals surface area contributed by atoms with Gasteiger partial charge in [0.05, 0.1) is 16.6 Å². The maximum atomic E-state index is 4.56. The first-order valence-corrected chi connectivity index (χ1v) is 7.33. The fraction of sp³-hybridized carbons (Fsp3) is 0.188. The molecule has 0 amide bonds. The number of nitrogens with one attached hydrogen (secondary N) is 1. The van der Waals surface area contributed by atoms with Gasteiger partial charge in [0.2, 0.25) is 0 Å². The molecule has 0 spiro atoms. The highest BCUT2D eigenvalue weighted by atomic mass is 79.9. The van der Waals surface area contributed by atoms with Crippen LogP contribution in [0.2, 0.25) is 0 Å². The van der Waals surface area contributed by atoms with Crippen molar-refractivity contribution in [1.29, 1.82) is 0 Å². The van der Waals surface area contributed by atoms with E-state index in [1.54, 1.807) is 0 Å². The number of alkyl halides is 1. The molecule has 3 rings (SSSR count). The summed E-state index contributed by atoms with van der Waals surface area (Å²) < 4.78 is 0. The Kier molecular flexibility index (Phi) is 3.65. The van der Waals surface area contributed by atoms with Crippen molar-refractivity contribution in [3.63, 3.8) is 0 Å². The van der Waals surface area contributed by atoms with Gasteiger partial charge in [-0.25, -0.2) is 0 Å². The minimum Gasteiger partial charge on any atom is -0.302 e. The Morgan fingerprint density at radius 2 is 1.58 bits per heavy atom. The first kappa shape index (κ1) is 12.4. The second-order valence-corrected chi connectivity index (χ2v) is 5.76. The molecule has 3 heteroatoms. The van der Waals surface area contributed by atoms with Gasteiger partial charge in [0.15, 0.2) is 0 Å². The zero-order valence-electron chi connectivity index (χ0n) is 10.5. The molecule has 0 aromatic heterocycles. The number of benzene rings is 2. The average Bonchev–Trinajstić information content (AvgIpc) is 2.49. The van der Waals surface area contributed by atoms with E-state index in [0.29, 0.717) is 0 Å². The first-order valence-electron chi connectivity index (χ1n) is 6.42. The lowest BCUT2D eigenvalue weighted by Crippen LogP contribution is -2.32. The monoisotopic (exact) mass is 314 g/mol. The average molecular weight is 315 g/mol. The van der Waals surface area contributed by atoms with Crippen LogP contribution in [0.1, 0.15) is 23.6 Å². The Labute approximate surface area is 121 Å². The Bertz CT molecular complexity index is 566. The van der Waals surface area contributed by atoms with Crippen LogP contribution < -0.4 is 5.43 Å². The summed E-state index contributed by atoms with van der Waals surface area (Å²) in [6, 6.07) is 21.0.